The third kappa shape index (κ3) is 4.98. The number of fused-ring (bicyclic) bond motifs is 1. The summed E-state index contributed by atoms with van der Waals surface area (Å²) in [5.74, 6) is 0.534. The van der Waals surface area contributed by atoms with E-state index in [-0.39, 0.29) is 25.2 Å². The van der Waals surface area contributed by atoms with Crippen molar-refractivity contribution in [2.45, 2.75) is 6.10 Å². The van der Waals surface area contributed by atoms with Gasteiger partial charge in [-0.05, 0) is 30.3 Å². The Labute approximate surface area is 184 Å². The Morgan fingerprint density at radius 1 is 1.29 bits per heavy atom. The number of halogens is 1. The molecule has 1 fully saturated rings. The number of aromatic nitrogens is 1. The Hall–Kier alpha value is -3.10. The van der Waals surface area contributed by atoms with Gasteiger partial charge in [-0.1, -0.05) is 11.6 Å². The molecule has 2 aromatic rings. The van der Waals surface area contributed by atoms with E-state index in [1.54, 1.807) is 29.2 Å². The van der Waals surface area contributed by atoms with Gasteiger partial charge in [0.25, 0.3) is 5.91 Å². The zero-order valence-electron chi connectivity index (χ0n) is 16.9. The van der Waals surface area contributed by atoms with Crippen LogP contribution in [0.4, 0.5) is 0 Å². The summed E-state index contributed by atoms with van der Waals surface area (Å²) >= 11 is 6.05. The van der Waals surface area contributed by atoms with Crippen LogP contribution in [0.5, 0.6) is 11.5 Å². The molecule has 0 saturated carbocycles. The molecule has 1 amide bonds. The summed E-state index contributed by atoms with van der Waals surface area (Å²) in [6.07, 6.45) is 4.41. The molecule has 2 aliphatic rings. The highest BCUT2D eigenvalue weighted by atomic mass is 35.5. The first-order valence-electron chi connectivity index (χ1n) is 9.73. The van der Waals surface area contributed by atoms with Crippen molar-refractivity contribution in [3.05, 3.63) is 58.4 Å². The lowest BCUT2D eigenvalue weighted by Crippen LogP contribution is -2.48. The summed E-state index contributed by atoms with van der Waals surface area (Å²) in [7, 11) is 1.30. The van der Waals surface area contributed by atoms with Gasteiger partial charge in [-0.3, -0.25) is 9.78 Å². The maximum absolute atomic E-state index is 13.0. The molecule has 0 aliphatic carbocycles. The fraction of sp³-hybridized carbons (Fsp3) is 0.318. The Balaban J connectivity index is 1.38. The lowest BCUT2D eigenvalue weighted by atomic mass is 10.1. The third-order valence-corrected chi connectivity index (χ3v) is 5.19. The number of rotatable bonds is 5. The van der Waals surface area contributed by atoms with Crippen LogP contribution in [0.1, 0.15) is 15.9 Å². The molecular formula is C22H21ClN2O6. The zero-order valence-corrected chi connectivity index (χ0v) is 17.6. The largest absolute Gasteiger partial charge is 0.489 e. The van der Waals surface area contributed by atoms with Crippen LogP contribution in [0.3, 0.4) is 0 Å². The topological polar surface area (TPSA) is 87.2 Å². The van der Waals surface area contributed by atoms with Crippen LogP contribution < -0.4 is 9.47 Å². The van der Waals surface area contributed by atoms with Gasteiger partial charge in [0.05, 0.1) is 37.6 Å². The number of esters is 1. The molecule has 9 heteroatoms. The van der Waals surface area contributed by atoms with Gasteiger partial charge in [0.1, 0.15) is 30.8 Å². The van der Waals surface area contributed by atoms with Gasteiger partial charge in [-0.15, -0.1) is 0 Å². The average Bonchev–Trinajstić information content (AvgIpc) is 2.81. The molecule has 1 unspecified atom stereocenters. The number of morpholine rings is 1. The minimum atomic E-state index is -0.491. The van der Waals surface area contributed by atoms with Gasteiger partial charge in [0.2, 0.25) is 0 Å². The molecular weight excluding hydrogens is 424 g/mol. The first-order valence-corrected chi connectivity index (χ1v) is 10.1. The van der Waals surface area contributed by atoms with Gasteiger partial charge in [0.15, 0.2) is 0 Å². The van der Waals surface area contributed by atoms with E-state index in [0.717, 1.165) is 5.56 Å². The lowest BCUT2D eigenvalue weighted by molar-refractivity contribution is -0.136. The summed E-state index contributed by atoms with van der Waals surface area (Å²) < 4.78 is 21.9. The first kappa shape index (κ1) is 21.1. The summed E-state index contributed by atoms with van der Waals surface area (Å²) in [5.41, 5.74) is 1.64. The van der Waals surface area contributed by atoms with E-state index in [4.69, 9.17) is 25.8 Å². The minimum absolute atomic E-state index is 0.103. The van der Waals surface area contributed by atoms with Gasteiger partial charge >= 0.3 is 5.97 Å². The van der Waals surface area contributed by atoms with E-state index in [9.17, 15) is 9.59 Å². The molecule has 162 valence electrons. The second-order valence-electron chi connectivity index (χ2n) is 7.10. The SMILES string of the molecule is COC(=O)c1cncc(OCC2CN(C(=O)C3=Cc4cc(Cl)ccc4OC3)CCO2)c1. The van der Waals surface area contributed by atoms with Crippen molar-refractivity contribution < 1.29 is 28.5 Å². The number of hydrogen-bond acceptors (Lipinski definition) is 7. The maximum Gasteiger partial charge on any atom is 0.339 e. The molecule has 0 radical (unpaired) electrons. The summed E-state index contributed by atoms with van der Waals surface area (Å²) in [6.45, 7) is 1.68. The van der Waals surface area contributed by atoms with Gasteiger partial charge in [0, 0.05) is 23.3 Å². The van der Waals surface area contributed by atoms with Crippen LogP contribution in [0, 0.1) is 0 Å². The summed E-state index contributed by atoms with van der Waals surface area (Å²) in [4.78, 5) is 30.3. The first-order chi connectivity index (χ1) is 15.0. The number of nitrogens with zero attached hydrogens (tertiary/aromatic N) is 2. The predicted molar refractivity (Wildman–Crippen MR) is 112 cm³/mol. The van der Waals surface area contributed by atoms with Crippen LogP contribution in [-0.4, -0.2) is 67.9 Å². The van der Waals surface area contributed by atoms with E-state index in [0.29, 0.717) is 47.4 Å². The second kappa shape index (κ2) is 9.36. The molecule has 4 rings (SSSR count). The maximum atomic E-state index is 13.0. The minimum Gasteiger partial charge on any atom is -0.489 e. The molecule has 0 bridgehead atoms. The number of carbonyl (C=O) groups is 2. The number of hydrogen-bond donors (Lipinski definition) is 0. The smallest absolute Gasteiger partial charge is 0.339 e. The van der Waals surface area contributed by atoms with E-state index in [1.807, 2.05) is 6.08 Å². The van der Waals surface area contributed by atoms with E-state index in [2.05, 4.69) is 9.72 Å². The number of methoxy groups -OCH3 is 1. The Morgan fingerprint density at radius 3 is 3.00 bits per heavy atom. The highest BCUT2D eigenvalue weighted by Crippen LogP contribution is 2.29. The van der Waals surface area contributed by atoms with Crippen molar-refractivity contribution in [2.24, 2.45) is 0 Å². The van der Waals surface area contributed by atoms with Crippen LogP contribution in [-0.2, 0) is 14.3 Å². The fourth-order valence-corrected chi connectivity index (χ4v) is 3.58. The Morgan fingerprint density at radius 2 is 2.16 bits per heavy atom. The quantitative estimate of drug-likeness (QED) is 0.655. The molecule has 1 aromatic carbocycles. The molecule has 8 nitrogen and oxygen atoms in total. The Kier molecular flexibility index (Phi) is 6.39. The van der Waals surface area contributed by atoms with Crippen molar-refractivity contribution in [1.29, 1.82) is 0 Å². The molecule has 1 aromatic heterocycles. The van der Waals surface area contributed by atoms with E-state index in [1.165, 1.54) is 19.5 Å². The van der Waals surface area contributed by atoms with Crippen molar-refractivity contribution in [3.8, 4) is 11.5 Å². The van der Waals surface area contributed by atoms with Crippen molar-refractivity contribution in [3.63, 3.8) is 0 Å². The van der Waals surface area contributed by atoms with Crippen molar-refractivity contribution in [2.75, 3.05) is 40.0 Å². The van der Waals surface area contributed by atoms with Gasteiger partial charge < -0.3 is 23.8 Å². The van der Waals surface area contributed by atoms with Gasteiger partial charge in [-0.25, -0.2) is 4.79 Å². The second-order valence-corrected chi connectivity index (χ2v) is 7.53. The number of pyridine rings is 1. The molecule has 0 spiro atoms. The lowest BCUT2D eigenvalue weighted by Gasteiger charge is -2.33. The fourth-order valence-electron chi connectivity index (χ4n) is 3.40. The number of benzene rings is 1. The summed E-state index contributed by atoms with van der Waals surface area (Å²) in [5, 5.41) is 0.585. The third-order valence-electron chi connectivity index (χ3n) is 4.96. The Bertz CT molecular complexity index is 1020. The molecule has 1 atom stereocenters. The summed E-state index contributed by atoms with van der Waals surface area (Å²) in [6, 6.07) is 6.87. The van der Waals surface area contributed by atoms with Crippen LogP contribution in [0.2, 0.25) is 5.02 Å². The number of amides is 1. The van der Waals surface area contributed by atoms with Crippen LogP contribution in [0.25, 0.3) is 6.08 Å². The highest BCUT2D eigenvalue weighted by Gasteiger charge is 2.28. The number of carbonyl (C=O) groups excluding carboxylic acids is 2. The van der Waals surface area contributed by atoms with Crippen LogP contribution >= 0.6 is 11.6 Å². The van der Waals surface area contributed by atoms with Crippen molar-refractivity contribution in [1.82, 2.24) is 9.88 Å². The van der Waals surface area contributed by atoms with Crippen LogP contribution in [0.15, 0.2) is 42.2 Å². The normalized spacial score (nSPS) is 17.8. The van der Waals surface area contributed by atoms with Crippen molar-refractivity contribution >= 4 is 29.6 Å². The zero-order chi connectivity index (χ0) is 21.8. The molecule has 31 heavy (non-hydrogen) atoms. The standard InChI is InChI=1S/C22H21ClN2O6/c1-28-22(27)15-8-18(10-24-9-15)30-13-19-11-25(4-5-29-19)21(26)16-6-14-7-17(23)2-3-20(14)31-12-16/h2-3,6-10,19H,4-5,11-13H2,1H3. The molecule has 0 N–H and O–H groups in total. The predicted octanol–water partition coefficient (Wildman–Crippen LogP) is 2.60. The average molecular weight is 445 g/mol. The monoisotopic (exact) mass is 444 g/mol. The van der Waals surface area contributed by atoms with E-state index < -0.39 is 5.97 Å². The highest BCUT2D eigenvalue weighted by molar-refractivity contribution is 6.30. The molecule has 3 heterocycles. The van der Waals surface area contributed by atoms with E-state index >= 15 is 0 Å². The van der Waals surface area contributed by atoms with Gasteiger partial charge in [-0.2, -0.15) is 0 Å². The molecule has 2 aliphatic heterocycles. The molecule has 1 saturated heterocycles. The number of ether oxygens (including phenoxy) is 4.